The molecule has 1 fully saturated rings. The lowest BCUT2D eigenvalue weighted by Gasteiger charge is -2.37. The zero-order valence-corrected chi connectivity index (χ0v) is 10.5. The molecular weight excluding hydrogens is 184 g/mol. The van der Waals surface area contributed by atoms with Crippen molar-refractivity contribution in [2.75, 3.05) is 0 Å². The first-order valence-corrected chi connectivity index (χ1v) is 6.24. The summed E-state index contributed by atoms with van der Waals surface area (Å²) in [6, 6.07) is 0. The highest BCUT2D eigenvalue weighted by Crippen LogP contribution is 2.39. The van der Waals surface area contributed by atoms with Gasteiger partial charge in [0.1, 0.15) is 0 Å². The monoisotopic (exact) mass is 208 g/mol. The van der Waals surface area contributed by atoms with Gasteiger partial charge < -0.3 is 0 Å². The number of allylic oxidation sites excluding steroid dienone is 2. The van der Waals surface area contributed by atoms with Crippen molar-refractivity contribution in [1.82, 2.24) is 0 Å². The minimum absolute atomic E-state index is 0.273. The van der Waals surface area contributed by atoms with Crippen LogP contribution in [-0.4, -0.2) is 5.78 Å². The first-order valence-electron chi connectivity index (χ1n) is 6.24. The molecule has 0 N–H and O–H groups in total. The van der Waals surface area contributed by atoms with Crippen LogP contribution in [0.5, 0.6) is 0 Å². The van der Waals surface area contributed by atoms with Crippen molar-refractivity contribution >= 4 is 5.78 Å². The molecule has 0 saturated heterocycles. The van der Waals surface area contributed by atoms with E-state index in [1.807, 2.05) is 13.0 Å². The van der Waals surface area contributed by atoms with Gasteiger partial charge in [0.05, 0.1) is 0 Å². The Morgan fingerprint density at radius 1 is 1.33 bits per heavy atom. The second kappa shape index (κ2) is 5.48. The van der Waals surface area contributed by atoms with E-state index in [9.17, 15) is 4.79 Å². The molecule has 0 bridgehead atoms. The molecule has 1 nitrogen and oxygen atoms in total. The Morgan fingerprint density at radius 3 is 2.53 bits per heavy atom. The zero-order valence-electron chi connectivity index (χ0n) is 10.5. The fourth-order valence-corrected chi connectivity index (χ4v) is 2.97. The summed E-state index contributed by atoms with van der Waals surface area (Å²) in [7, 11) is 0. The van der Waals surface area contributed by atoms with Crippen LogP contribution in [0.3, 0.4) is 0 Å². The predicted octanol–water partition coefficient (Wildman–Crippen LogP) is 3.84. The predicted molar refractivity (Wildman–Crippen MR) is 64.7 cm³/mol. The van der Waals surface area contributed by atoms with E-state index in [1.165, 1.54) is 19.3 Å². The summed E-state index contributed by atoms with van der Waals surface area (Å²) >= 11 is 0. The van der Waals surface area contributed by atoms with Crippen LogP contribution in [-0.2, 0) is 4.79 Å². The second-order valence-electron chi connectivity index (χ2n) is 5.24. The van der Waals surface area contributed by atoms with Crippen molar-refractivity contribution in [1.29, 1.82) is 0 Å². The summed E-state index contributed by atoms with van der Waals surface area (Å²) in [4.78, 5) is 12.0. The Bertz CT molecular complexity index is 240. The van der Waals surface area contributed by atoms with Crippen molar-refractivity contribution in [2.24, 2.45) is 23.7 Å². The molecule has 1 aliphatic carbocycles. The quantitative estimate of drug-likeness (QED) is 0.644. The topological polar surface area (TPSA) is 17.1 Å². The highest BCUT2D eigenvalue weighted by molar-refractivity contribution is 5.92. The number of ketones is 1. The molecule has 0 aliphatic heterocycles. The van der Waals surface area contributed by atoms with Crippen LogP contribution in [0.15, 0.2) is 12.2 Å². The molecule has 1 saturated carbocycles. The third-order valence-electron chi connectivity index (χ3n) is 3.79. The van der Waals surface area contributed by atoms with Gasteiger partial charge in [0, 0.05) is 5.92 Å². The normalized spacial score (nSPS) is 32.5. The summed E-state index contributed by atoms with van der Waals surface area (Å²) in [5.41, 5.74) is 0. The number of hydrogen-bond donors (Lipinski definition) is 0. The van der Waals surface area contributed by atoms with Crippen molar-refractivity contribution < 1.29 is 4.79 Å². The highest BCUT2D eigenvalue weighted by Gasteiger charge is 2.35. The van der Waals surface area contributed by atoms with Gasteiger partial charge in [0.15, 0.2) is 5.78 Å². The third-order valence-corrected chi connectivity index (χ3v) is 3.79. The third kappa shape index (κ3) is 2.93. The van der Waals surface area contributed by atoms with Gasteiger partial charge in [-0.2, -0.15) is 0 Å². The Hall–Kier alpha value is -0.590. The van der Waals surface area contributed by atoms with Crippen LogP contribution in [0.25, 0.3) is 0 Å². The molecule has 15 heavy (non-hydrogen) atoms. The lowest BCUT2D eigenvalue weighted by Crippen LogP contribution is -2.35. The number of rotatable bonds is 3. The first-order chi connectivity index (χ1) is 7.07. The summed E-state index contributed by atoms with van der Waals surface area (Å²) < 4.78 is 0. The van der Waals surface area contributed by atoms with E-state index in [1.54, 1.807) is 6.08 Å². The lowest BCUT2D eigenvalue weighted by atomic mass is 9.67. The average Bonchev–Trinajstić information content (AvgIpc) is 2.17. The summed E-state index contributed by atoms with van der Waals surface area (Å²) in [5, 5.41) is 0. The van der Waals surface area contributed by atoms with Gasteiger partial charge in [-0.25, -0.2) is 0 Å². The van der Waals surface area contributed by atoms with Crippen molar-refractivity contribution in [3.63, 3.8) is 0 Å². The minimum atomic E-state index is 0.273. The molecule has 1 aliphatic rings. The van der Waals surface area contributed by atoms with Crippen LogP contribution < -0.4 is 0 Å². The molecular formula is C14H24O. The minimum Gasteiger partial charge on any atom is -0.295 e. The molecule has 0 aromatic heterocycles. The van der Waals surface area contributed by atoms with E-state index in [4.69, 9.17) is 0 Å². The molecule has 1 rings (SSSR count). The van der Waals surface area contributed by atoms with Gasteiger partial charge in [-0.15, -0.1) is 0 Å². The molecule has 0 aromatic carbocycles. The smallest absolute Gasteiger partial charge is 0.158 e. The van der Waals surface area contributed by atoms with Crippen LogP contribution in [0.2, 0.25) is 0 Å². The van der Waals surface area contributed by atoms with E-state index < -0.39 is 0 Å². The molecule has 86 valence electrons. The molecule has 1 unspecified atom stereocenters. The standard InChI is InChI=1S/C14H24O/c1-5-7-13(15)14-11(4)8-6-9-12(14)10(2)3/h5,7,10-12,14H,6,8-9H2,1-4H3/t11?,12-,14+/m0/s1. The summed E-state index contributed by atoms with van der Waals surface area (Å²) in [6.07, 6.45) is 7.39. The Kier molecular flexibility index (Phi) is 4.56. The Morgan fingerprint density at radius 2 is 2.00 bits per heavy atom. The van der Waals surface area contributed by atoms with Crippen molar-refractivity contribution in [3.8, 4) is 0 Å². The molecule has 0 aromatic rings. The highest BCUT2D eigenvalue weighted by atomic mass is 16.1. The maximum absolute atomic E-state index is 12.0. The van der Waals surface area contributed by atoms with Crippen molar-refractivity contribution in [2.45, 2.75) is 47.0 Å². The van der Waals surface area contributed by atoms with E-state index in [2.05, 4.69) is 20.8 Å². The van der Waals surface area contributed by atoms with E-state index >= 15 is 0 Å². The summed E-state index contributed by atoms with van der Waals surface area (Å²) in [5.74, 6) is 2.41. The number of carbonyl (C=O) groups excluding carboxylic acids is 1. The maximum Gasteiger partial charge on any atom is 0.158 e. The van der Waals surface area contributed by atoms with Gasteiger partial charge in [0.25, 0.3) is 0 Å². The zero-order chi connectivity index (χ0) is 11.4. The maximum atomic E-state index is 12.0. The van der Waals surface area contributed by atoms with Crippen LogP contribution in [0.1, 0.15) is 47.0 Å². The Balaban J connectivity index is 2.81. The molecule has 0 heterocycles. The summed E-state index contributed by atoms with van der Waals surface area (Å²) in [6.45, 7) is 8.66. The van der Waals surface area contributed by atoms with Crippen LogP contribution in [0, 0.1) is 23.7 Å². The SMILES string of the molecule is CC=CC(=O)[C@@H]1C(C)CCC[C@H]1C(C)C. The van der Waals surface area contributed by atoms with Gasteiger partial charge >= 0.3 is 0 Å². The molecule has 3 atom stereocenters. The molecule has 0 amide bonds. The van der Waals surface area contributed by atoms with Gasteiger partial charge in [-0.1, -0.05) is 33.3 Å². The van der Waals surface area contributed by atoms with E-state index in [0.717, 1.165) is 0 Å². The van der Waals surface area contributed by atoms with Crippen LogP contribution in [0.4, 0.5) is 0 Å². The van der Waals surface area contributed by atoms with E-state index in [0.29, 0.717) is 23.5 Å². The molecule has 0 spiro atoms. The fourth-order valence-electron chi connectivity index (χ4n) is 2.97. The first kappa shape index (κ1) is 12.5. The lowest BCUT2D eigenvalue weighted by molar-refractivity contribution is -0.123. The van der Waals surface area contributed by atoms with Gasteiger partial charge in [-0.05, 0) is 43.6 Å². The second-order valence-corrected chi connectivity index (χ2v) is 5.24. The van der Waals surface area contributed by atoms with Crippen LogP contribution >= 0.6 is 0 Å². The fraction of sp³-hybridized carbons (Fsp3) is 0.786. The number of carbonyl (C=O) groups is 1. The van der Waals surface area contributed by atoms with E-state index in [-0.39, 0.29) is 5.92 Å². The van der Waals surface area contributed by atoms with Crippen molar-refractivity contribution in [3.05, 3.63) is 12.2 Å². The Labute approximate surface area is 93.9 Å². The largest absolute Gasteiger partial charge is 0.295 e. The van der Waals surface area contributed by atoms with Gasteiger partial charge in [0.2, 0.25) is 0 Å². The molecule has 0 radical (unpaired) electrons. The van der Waals surface area contributed by atoms with Gasteiger partial charge in [-0.3, -0.25) is 4.79 Å². The average molecular weight is 208 g/mol. The number of hydrogen-bond acceptors (Lipinski definition) is 1. The molecule has 1 heteroatoms.